The molecule has 10 nitrogen and oxygen atoms in total. The molecule has 2 aliphatic rings. The Morgan fingerprint density at radius 1 is 0.956 bits per heavy atom. The summed E-state index contributed by atoms with van der Waals surface area (Å²) in [5, 5.41) is 9.58. The van der Waals surface area contributed by atoms with Crippen LogP contribution in [0.15, 0.2) is 66.9 Å². The second-order valence-electron chi connectivity index (χ2n) is 12.1. The van der Waals surface area contributed by atoms with Gasteiger partial charge in [0.1, 0.15) is 11.7 Å². The standard InChI is InChI=1S/C33H41F2N7O3/c1-40-28(13-16-37-40)30(43)39-29(25-11-14-33(34,35)15-12-25)31(44)38-26-9-7-23(8-10-26)21-27(36)32(45)42-19-17-41(18-20-42)22-24-5-3-2-4-6-24/h2-10,13,16,25,27,29H,11-12,14-15,17-22,36H2,1H3,(H,38,44)(H,39,43)/t27-,29+/m1/s1. The predicted molar refractivity (Wildman–Crippen MR) is 166 cm³/mol. The first-order valence-electron chi connectivity index (χ1n) is 15.4. The van der Waals surface area contributed by atoms with Crippen LogP contribution in [0.4, 0.5) is 14.5 Å². The van der Waals surface area contributed by atoms with Crippen molar-refractivity contribution in [1.29, 1.82) is 0 Å². The molecular weight excluding hydrogens is 580 g/mol. The molecule has 3 amide bonds. The van der Waals surface area contributed by atoms with Gasteiger partial charge in [0.15, 0.2) is 0 Å². The third-order valence-corrected chi connectivity index (χ3v) is 8.78. The molecule has 0 spiro atoms. The molecule has 2 fully saturated rings. The molecule has 2 heterocycles. The van der Waals surface area contributed by atoms with E-state index in [1.54, 1.807) is 31.3 Å². The molecule has 1 saturated heterocycles. The Bertz CT molecular complexity index is 1450. The van der Waals surface area contributed by atoms with Crippen molar-refractivity contribution >= 4 is 23.4 Å². The molecule has 2 atom stereocenters. The third-order valence-electron chi connectivity index (χ3n) is 8.78. The molecule has 0 unspecified atom stereocenters. The van der Waals surface area contributed by atoms with Crippen molar-refractivity contribution in [1.82, 2.24) is 24.9 Å². The first kappa shape index (κ1) is 32.2. The molecule has 2 aromatic carbocycles. The van der Waals surface area contributed by atoms with Crippen LogP contribution in [0.1, 0.15) is 47.3 Å². The van der Waals surface area contributed by atoms with E-state index in [0.717, 1.165) is 25.2 Å². The largest absolute Gasteiger partial charge is 0.339 e. The predicted octanol–water partition coefficient (Wildman–Crippen LogP) is 3.20. The van der Waals surface area contributed by atoms with Crippen molar-refractivity contribution in [3.05, 3.63) is 83.7 Å². The first-order chi connectivity index (χ1) is 21.6. The second-order valence-corrected chi connectivity index (χ2v) is 12.1. The van der Waals surface area contributed by atoms with Crippen molar-refractivity contribution in [2.75, 3.05) is 31.5 Å². The van der Waals surface area contributed by atoms with Crippen molar-refractivity contribution in [3.63, 3.8) is 0 Å². The van der Waals surface area contributed by atoms with Crippen molar-refractivity contribution in [2.45, 2.75) is 56.7 Å². The van der Waals surface area contributed by atoms with E-state index >= 15 is 0 Å². The molecule has 5 rings (SSSR count). The molecule has 4 N–H and O–H groups in total. The number of halogens is 2. The highest BCUT2D eigenvalue weighted by Gasteiger charge is 2.40. The third kappa shape index (κ3) is 8.52. The van der Waals surface area contributed by atoms with E-state index in [2.05, 4.69) is 32.8 Å². The molecule has 45 heavy (non-hydrogen) atoms. The lowest BCUT2D eigenvalue weighted by atomic mass is 9.81. The van der Waals surface area contributed by atoms with Gasteiger partial charge in [-0.15, -0.1) is 0 Å². The Balaban J connectivity index is 1.14. The van der Waals surface area contributed by atoms with E-state index < -0.39 is 35.7 Å². The van der Waals surface area contributed by atoms with Crippen LogP contribution in [0, 0.1) is 5.92 Å². The zero-order chi connectivity index (χ0) is 32.0. The van der Waals surface area contributed by atoms with E-state index in [1.165, 1.54) is 22.5 Å². The summed E-state index contributed by atoms with van der Waals surface area (Å²) in [4.78, 5) is 43.6. The molecule has 1 aliphatic heterocycles. The Hall–Kier alpha value is -4.16. The number of amides is 3. The maximum atomic E-state index is 13.9. The second kappa shape index (κ2) is 14.3. The molecule has 0 radical (unpaired) electrons. The molecular formula is C33H41F2N7O3. The van der Waals surface area contributed by atoms with Gasteiger partial charge in [0.2, 0.25) is 17.7 Å². The number of rotatable bonds is 10. The molecule has 1 aromatic heterocycles. The summed E-state index contributed by atoms with van der Waals surface area (Å²) in [5.74, 6) is -4.27. The van der Waals surface area contributed by atoms with Crippen molar-refractivity contribution in [2.24, 2.45) is 18.7 Å². The lowest BCUT2D eigenvalue weighted by Gasteiger charge is -2.36. The number of carbonyl (C=O) groups excluding carboxylic acids is 3. The van der Waals surface area contributed by atoms with Crippen LogP contribution in [-0.2, 0) is 29.6 Å². The Morgan fingerprint density at radius 3 is 2.24 bits per heavy atom. The minimum absolute atomic E-state index is 0.0863. The van der Waals surface area contributed by atoms with Crippen LogP contribution in [0.5, 0.6) is 0 Å². The van der Waals surface area contributed by atoms with Gasteiger partial charge >= 0.3 is 0 Å². The number of nitrogens with zero attached hydrogens (tertiary/aromatic N) is 4. The number of anilines is 1. The van der Waals surface area contributed by atoms with E-state index in [-0.39, 0.29) is 37.3 Å². The average Bonchev–Trinajstić information content (AvgIpc) is 3.47. The van der Waals surface area contributed by atoms with Crippen LogP contribution in [0.3, 0.4) is 0 Å². The molecule has 1 saturated carbocycles. The zero-order valence-electron chi connectivity index (χ0n) is 25.5. The minimum Gasteiger partial charge on any atom is -0.339 e. The van der Waals surface area contributed by atoms with Crippen LogP contribution < -0.4 is 16.4 Å². The van der Waals surface area contributed by atoms with Gasteiger partial charge < -0.3 is 21.3 Å². The number of alkyl halides is 2. The fourth-order valence-corrected chi connectivity index (χ4v) is 6.09. The van der Waals surface area contributed by atoms with Gasteiger partial charge in [-0.1, -0.05) is 42.5 Å². The number of nitrogens with two attached hydrogens (primary N) is 1. The summed E-state index contributed by atoms with van der Waals surface area (Å²) in [6.07, 6.45) is 1.38. The van der Waals surface area contributed by atoms with Gasteiger partial charge in [0.25, 0.3) is 5.91 Å². The molecule has 3 aromatic rings. The van der Waals surface area contributed by atoms with Crippen LogP contribution in [0.25, 0.3) is 0 Å². The maximum absolute atomic E-state index is 13.9. The van der Waals surface area contributed by atoms with Crippen molar-refractivity contribution < 1.29 is 23.2 Å². The van der Waals surface area contributed by atoms with Gasteiger partial charge in [0, 0.05) is 64.5 Å². The summed E-state index contributed by atoms with van der Waals surface area (Å²) in [7, 11) is 1.61. The number of hydrogen-bond donors (Lipinski definition) is 3. The van der Waals surface area contributed by atoms with Crippen molar-refractivity contribution in [3.8, 4) is 0 Å². The van der Waals surface area contributed by atoms with Gasteiger partial charge in [-0.25, -0.2) is 8.78 Å². The highest BCUT2D eigenvalue weighted by molar-refractivity contribution is 6.00. The number of aryl methyl sites for hydroxylation is 1. The zero-order valence-corrected chi connectivity index (χ0v) is 25.5. The van der Waals surface area contributed by atoms with E-state index in [4.69, 9.17) is 5.73 Å². The van der Waals surface area contributed by atoms with E-state index in [0.29, 0.717) is 25.2 Å². The van der Waals surface area contributed by atoms with E-state index in [1.807, 2.05) is 23.1 Å². The molecule has 12 heteroatoms. The molecule has 1 aliphatic carbocycles. The lowest BCUT2D eigenvalue weighted by Crippen LogP contribution is -2.53. The minimum atomic E-state index is -2.77. The van der Waals surface area contributed by atoms with E-state index in [9.17, 15) is 23.2 Å². The number of aromatic nitrogens is 2. The first-order valence-corrected chi connectivity index (χ1v) is 15.4. The summed E-state index contributed by atoms with van der Waals surface area (Å²) in [6, 6.07) is 17.1. The number of carbonyl (C=O) groups is 3. The topological polar surface area (TPSA) is 126 Å². The maximum Gasteiger partial charge on any atom is 0.270 e. The summed E-state index contributed by atoms with van der Waals surface area (Å²) in [5.41, 5.74) is 9.16. The normalized spacial score (nSPS) is 18.6. The Morgan fingerprint density at radius 2 is 1.62 bits per heavy atom. The summed E-state index contributed by atoms with van der Waals surface area (Å²) in [6.45, 7) is 3.68. The number of hydrogen-bond acceptors (Lipinski definition) is 6. The lowest BCUT2D eigenvalue weighted by molar-refractivity contribution is -0.134. The van der Waals surface area contributed by atoms with Crippen LogP contribution in [0.2, 0.25) is 0 Å². The monoisotopic (exact) mass is 621 g/mol. The van der Waals surface area contributed by atoms with Crippen LogP contribution in [-0.4, -0.2) is 81.5 Å². The molecule has 240 valence electrons. The number of piperazine rings is 1. The van der Waals surface area contributed by atoms with Gasteiger partial charge in [0.05, 0.1) is 6.04 Å². The quantitative estimate of drug-likeness (QED) is 0.320. The number of benzene rings is 2. The van der Waals surface area contributed by atoms with Gasteiger partial charge in [-0.05, 0) is 54.5 Å². The van der Waals surface area contributed by atoms with Gasteiger partial charge in [-0.3, -0.25) is 24.0 Å². The smallest absolute Gasteiger partial charge is 0.270 e. The fraction of sp³-hybridized carbons (Fsp3) is 0.455. The number of nitrogens with one attached hydrogen (secondary N) is 2. The molecule has 0 bridgehead atoms. The Labute approximate surface area is 261 Å². The van der Waals surface area contributed by atoms with Crippen LogP contribution >= 0.6 is 0 Å². The average molecular weight is 622 g/mol. The summed E-state index contributed by atoms with van der Waals surface area (Å²) >= 11 is 0. The summed E-state index contributed by atoms with van der Waals surface area (Å²) < 4.78 is 29.1. The SMILES string of the molecule is Cn1nccc1C(=O)N[C@H](C(=O)Nc1ccc(C[C@@H](N)C(=O)N2CCN(Cc3ccccc3)CC2)cc1)C1CCC(F)(F)CC1. The van der Waals surface area contributed by atoms with Gasteiger partial charge in [-0.2, -0.15) is 5.10 Å². The fourth-order valence-electron chi connectivity index (χ4n) is 6.09. The highest BCUT2D eigenvalue weighted by atomic mass is 19.3. The Kier molecular flexibility index (Phi) is 10.2. The highest BCUT2D eigenvalue weighted by Crippen LogP contribution is 2.37.